The summed E-state index contributed by atoms with van der Waals surface area (Å²) in [4.78, 5) is 9.01. The van der Waals surface area contributed by atoms with Crippen LogP contribution in [-0.4, -0.2) is 11.5 Å². The molecule has 6 rings (SSSR count). The Kier molecular flexibility index (Phi) is 19.3. The highest BCUT2D eigenvalue weighted by molar-refractivity contribution is 5.84. The van der Waals surface area contributed by atoms with Crippen molar-refractivity contribution in [3.63, 3.8) is 0 Å². The van der Waals surface area contributed by atoms with Crippen molar-refractivity contribution >= 4 is 35.0 Å². The second-order valence-electron chi connectivity index (χ2n) is 14.9. The standard InChI is InChI=1S/C23H21N.C22H24N2.C13H20/c1-4-23(22-13-9-8-10-19(22)3)24(20-11-6-5-7-12-20)21-16-14-18(2)15-17-21;1-3-16-24(22-10-7-15-23-18(22)2)21-13-11-20(12-14-21)17-19-8-5-4-6-9-19;1-6-9-12(5)13(10-7-2)11(4)8-3/h4-17H,1,3H2,2H3;4-15H,3,16-17H2,1-2H3;7-10H,3,6H2,1-2,4-5H3/b23-22+;;10-7-,12-9-,13-11+. The summed E-state index contributed by atoms with van der Waals surface area (Å²) in [6.45, 7) is 27.8. The number of nitrogens with zero attached hydrogens (tertiary/aromatic N) is 3. The number of hydrogen-bond acceptors (Lipinski definition) is 3. The zero-order chi connectivity index (χ0) is 44.0. The summed E-state index contributed by atoms with van der Waals surface area (Å²) in [5.74, 6) is 0. The number of hydrogen-bond donors (Lipinski definition) is 0. The molecule has 0 saturated heterocycles. The zero-order valence-corrected chi connectivity index (χ0v) is 37.6. The van der Waals surface area contributed by atoms with Gasteiger partial charge in [0.25, 0.3) is 0 Å². The number of rotatable bonds is 14. The van der Waals surface area contributed by atoms with E-state index >= 15 is 0 Å². The Morgan fingerprint density at radius 1 is 0.656 bits per heavy atom. The van der Waals surface area contributed by atoms with Gasteiger partial charge in [0.05, 0.1) is 17.1 Å². The smallest absolute Gasteiger partial charge is 0.0627 e. The highest BCUT2D eigenvalue weighted by Crippen LogP contribution is 2.31. The molecule has 0 saturated carbocycles. The Balaban J connectivity index is 0.000000212. The first-order valence-electron chi connectivity index (χ1n) is 21.4. The summed E-state index contributed by atoms with van der Waals surface area (Å²) < 4.78 is 0. The summed E-state index contributed by atoms with van der Waals surface area (Å²) in [6, 6.07) is 50.7. The topological polar surface area (TPSA) is 19.4 Å². The molecule has 5 aromatic carbocycles. The third kappa shape index (κ3) is 13.9. The molecular weight excluding hydrogens is 739 g/mol. The normalized spacial score (nSPS) is 11.9. The maximum atomic E-state index is 4.44. The van der Waals surface area contributed by atoms with Crippen LogP contribution in [0.15, 0.2) is 212 Å². The largest absolute Gasteiger partial charge is 0.340 e. The van der Waals surface area contributed by atoms with E-state index in [0.717, 1.165) is 59.0 Å². The third-order valence-corrected chi connectivity index (χ3v) is 10.2. The monoisotopic (exact) mass is 804 g/mol. The molecular formula is C58H65N3. The van der Waals surface area contributed by atoms with Crippen LogP contribution in [0.25, 0.3) is 12.3 Å². The fourth-order valence-corrected chi connectivity index (χ4v) is 7.06. The minimum Gasteiger partial charge on any atom is -0.340 e. The number of aryl methyl sites for hydroxylation is 2. The van der Waals surface area contributed by atoms with Crippen LogP contribution in [0.5, 0.6) is 0 Å². The Hall–Kier alpha value is -6.71. The molecule has 0 radical (unpaired) electrons. The van der Waals surface area contributed by atoms with E-state index in [9.17, 15) is 0 Å². The third-order valence-electron chi connectivity index (χ3n) is 10.2. The molecule has 0 N–H and O–H groups in total. The molecule has 312 valence electrons. The molecule has 0 unspecified atom stereocenters. The quantitative estimate of drug-likeness (QED) is 0.102. The Labute approximate surface area is 367 Å². The number of pyridine rings is 1. The number of allylic oxidation sites excluding steroid dienone is 7. The van der Waals surface area contributed by atoms with E-state index in [1.807, 2.05) is 67.7 Å². The molecule has 0 atom stereocenters. The van der Waals surface area contributed by atoms with Crippen molar-refractivity contribution in [2.75, 3.05) is 16.3 Å². The molecule has 1 aromatic heterocycles. The summed E-state index contributed by atoms with van der Waals surface area (Å²) >= 11 is 0. The van der Waals surface area contributed by atoms with Gasteiger partial charge in [-0.2, -0.15) is 0 Å². The maximum Gasteiger partial charge on any atom is 0.0627 e. The Bertz CT molecular complexity index is 2470. The van der Waals surface area contributed by atoms with E-state index in [-0.39, 0.29) is 0 Å². The first kappa shape index (κ1) is 47.0. The highest BCUT2D eigenvalue weighted by atomic mass is 15.1. The molecule has 61 heavy (non-hydrogen) atoms. The lowest BCUT2D eigenvalue weighted by atomic mass is 10.0. The molecule has 0 spiro atoms. The molecule has 0 aliphatic heterocycles. The van der Waals surface area contributed by atoms with Gasteiger partial charge in [0.15, 0.2) is 0 Å². The van der Waals surface area contributed by atoms with Crippen LogP contribution in [0.3, 0.4) is 0 Å². The van der Waals surface area contributed by atoms with Gasteiger partial charge in [0.1, 0.15) is 0 Å². The molecule has 0 amide bonds. The molecule has 0 aliphatic rings. The van der Waals surface area contributed by atoms with Crippen LogP contribution in [0, 0.1) is 13.8 Å². The minimum absolute atomic E-state index is 0.973. The lowest BCUT2D eigenvalue weighted by molar-refractivity contribution is 0.877. The van der Waals surface area contributed by atoms with E-state index in [4.69, 9.17) is 0 Å². The van der Waals surface area contributed by atoms with Gasteiger partial charge >= 0.3 is 0 Å². The van der Waals surface area contributed by atoms with Gasteiger partial charge in [-0.25, -0.2) is 0 Å². The van der Waals surface area contributed by atoms with Crippen molar-refractivity contribution in [1.82, 2.24) is 4.98 Å². The number of para-hydroxylation sites is 1. The van der Waals surface area contributed by atoms with Crippen molar-refractivity contribution in [2.45, 2.75) is 67.7 Å². The molecule has 0 fully saturated rings. The summed E-state index contributed by atoms with van der Waals surface area (Å²) in [5, 5.41) is 2.07. The van der Waals surface area contributed by atoms with Crippen LogP contribution in [0.2, 0.25) is 0 Å². The molecule has 1 heterocycles. The Morgan fingerprint density at radius 2 is 1.25 bits per heavy atom. The molecule has 3 heteroatoms. The average Bonchev–Trinajstić information content (AvgIpc) is 3.29. The first-order chi connectivity index (χ1) is 29.6. The summed E-state index contributed by atoms with van der Waals surface area (Å²) in [5.41, 5.74) is 14.5. The van der Waals surface area contributed by atoms with Crippen molar-refractivity contribution in [1.29, 1.82) is 0 Å². The van der Waals surface area contributed by atoms with E-state index in [2.05, 4.69) is 197 Å². The van der Waals surface area contributed by atoms with Crippen molar-refractivity contribution in [2.24, 2.45) is 0 Å². The van der Waals surface area contributed by atoms with Crippen molar-refractivity contribution in [3.05, 3.63) is 245 Å². The predicted molar refractivity (Wildman–Crippen MR) is 268 cm³/mol. The fraction of sp³-hybridized carbons (Fsp3) is 0.190. The van der Waals surface area contributed by atoms with Crippen LogP contribution >= 0.6 is 0 Å². The van der Waals surface area contributed by atoms with E-state index in [1.165, 1.54) is 44.8 Å². The zero-order valence-electron chi connectivity index (χ0n) is 37.6. The van der Waals surface area contributed by atoms with Gasteiger partial charge in [-0.05, 0) is 142 Å². The van der Waals surface area contributed by atoms with Crippen LogP contribution in [0.1, 0.15) is 69.8 Å². The number of anilines is 4. The molecule has 0 aliphatic carbocycles. The summed E-state index contributed by atoms with van der Waals surface area (Å²) in [6.07, 6.45) is 15.2. The molecule has 6 aromatic rings. The lowest BCUT2D eigenvalue weighted by Crippen LogP contribution is -2.31. The van der Waals surface area contributed by atoms with Gasteiger partial charge in [-0.1, -0.05) is 161 Å². The van der Waals surface area contributed by atoms with Gasteiger partial charge in [-0.3, -0.25) is 4.98 Å². The first-order valence-corrected chi connectivity index (χ1v) is 21.4. The van der Waals surface area contributed by atoms with Gasteiger partial charge in [0, 0.05) is 35.0 Å². The number of aromatic nitrogens is 1. The van der Waals surface area contributed by atoms with Crippen LogP contribution < -0.4 is 20.2 Å². The predicted octanol–water partition coefficient (Wildman–Crippen LogP) is 14.5. The SMILES string of the molecule is C=C/C(=c1/ccccc1=C)N(c1ccccc1)c1ccc(C)cc1.C=C/C(C)=C(\C=C/C)C(/C)=C\CC.CCCN(c1ccc(Cc2ccccc2)cc1)c1cccnc1C. The van der Waals surface area contributed by atoms with E-state index < -0.39 is 0 Å². The van der Waals surface area contributed by atoms with Gasteiger partial charge in [-0.15, -0.1) is 0 Å². The Morgan fingerprint density at radius 3 is 1.82 bits per heavy atom. The fourth-order valence-electron chi connectivity index (χ4n) is 7.06. The van der Waals surface area contributed by atoms with E-state index in [1.54, 1.807) is 0 Å². The van der Waals surface area contributed by atoms with Crippen LogP contribution in [-0.2, 0) is 6.42 Å². The minimum atomic E-state index is 0.973. The second kappa shape index (κ2) is 25.0. The lowest BCUT2D eigenvalue weighted by Gasteiger charge is -2.26. The maximum absolute atomic E-state index is 4.44. The van der Waals surface area contributed by atoms with Crippen molar-refractivity contribution < 1.29 is 0 Å². The highest BCUT2D eigenvalue weighted by Gasteiger charge is 2.14. The average molecular weight is 804 g/mol. The molecule has 0 bridgehead atoms. The molecule has 3 nitrogen and oxygen atoms in total. The van der Waals surface area contributed by atoms with Gasteiger partial charge in [0.2, 0.25) is 0 Å². The number of benzene rings is 5. The summed E-state index contributed by atoms with van der Waals surface area (Å²) in [7, 11) is 0. The van der Waals surface area contributed by atoms with Crippen molar-refractivity contribution in [3.8, 4) is 0 Å². The van der Waals surface area contributed by atoms with E-state index in [0.29, 0.717) is 0 Å². The second-order valence-corrected chi connectivity index (χ2v) is 14.9. The van der Waals surface area contributed by atoms with Crippen LogP contribution in [0.4, 0.5) is 22.7 Å². The van der Waals surface area contributed by atoms with Gasteiger partial charge < -0.3 is 9.80 Å².